The summed E-state index contributed by atoms with van der Waals surface area (Å²) in [6.07, 6.45) is 4.91. The smallest absolute Gasteiger partial charge is 0.410 e. The van der Waals surface area contributed by atoms with Gasteiger partial charge in [0.2, 0.25) is 0 Å². The lowest BCUT2D eigenvalue weighted by atomic mass is 9.88. The molecule has 1 fully saturated rings. The lowest BCUT2D eigenvalue weighted by molar-refractivity contribution is 0.0589. The Morgan fingerprint density at radius 3 is 3.20 bits per heavy atom. The standard InChI is InChI=1S/C19H23ClN2O3/c1-3-11-24-19(23)22-10-4-5-13(2)16(22)7-9-18-21-15-12-14(20)6-8-17(15)25-18/h3,6,8,12-13,16H,1,4-5,7,9-11H2,2H3/t13-,16-/m1/s1. The predicted molar refractivity (Wildman–Crippen MR) is 97.8 cm³/mol. The first-order chi connectivity index (χ1) is 12.1. The molecule has 134 valence electrons. The van der Waals surface area contributed by atoms with Gasteiger partial charge in [0, 0.05) is 24.0 Å². The van der Waals surface area contributed by atoms with E-state index in [-0.39, 0.29) is 18.7 Å². The van der Waals surface area contributed by atoms with Crippen LogP contribution in [0.4, 0.5) is 4.79 Å². The van der Waals surface area contributed by atoms with Crippen molar-refractivity contribution in [3.05, 3.63) is 41.8 Å². The molecule has 0 unspecified atom stereocenters. The number of aromatic nitrogens is 1. The second kappa shape index (κ2) is 7.91. The lowest BCUT2D eigenvalue weighted by Gasteiger charge is -2.39. The fourth-order valence-corrected chi connectivity index (χ4v) is 3.62. The van der Waals surface area contributed by atoms with Crippen molar-refractivity contribution < 1.29 is 13.9 Å². The van der Waals surface area contributed by atoms with Crippen molar-refractivity contribution in [2.75, 3.05) is 13.2 Å². The summed E-state index contributed by atoms with van der Waals surface area (Å²) in [7, 11) is 0. The van der Waals surface area contributed by atoms with Gasteiger partial charge >= 0.3 is 6.09 Å². The first-order valence-corrected chi connectivity index (χ1v) is 9.05. The van der Waals surface area contributed by atoms with Crippen LogP contribution in [0.15, 0.2) is 35.3 Å². The summed E-state index contributed by atoms with van der Waals surface area (Å²) in [5.74, 6) is 1.10. The molecule has 2 aromatic rings. The van der Waals surface area contributed by atoms with Gasteiger partial charge in [-0.2, -0.15) is 0 Å². The zero-order chi connectivity index (χ0) is 17.8. The number of carbonyl (C=O) groups is 1. The second-order valence-corrected chi connectivity index (χ2v) is 6.94. The number of carbonyl (C=O) groups excluding carboxylic acids is 1. The average Bonchev–Trinajstić information content (AvgIpc) is 3.00. The maximum absolute atomic E-state index is 12.3. The molecule has 0 aliphatic carbocycles. The van der Waals surface area contributed by atoms with E-state index in [4.69, 9.17) is 20.8 Å². The highest BCUT2D eigenvalue weighted by molar-refractivity contribution is 6.31. The minimum absolute atomic E-state index is 0.129. The van der Waals surface area contributed by atoms with E-state index in [0.29, 0.717) is 23.3 Å². The molecule has 5 nitrogen and oxygen atoms in total. The highest BCUT2D eigenvalue weighted by atomic mass is 35.5. The maximum atomic E-state index is 12.3. The van der Waals surface area contributed by atoms with Gasteiger partial charge in [-0.15, -0.1) is 0 Å². The molecule has 1 aromatic heterocycles. The van der Waals surface area contributed by atoms with E-state index >= 15 is 0 Å². The van der Waals surface area contributed by atoms with E-state index in [0.717, 1.165) is 36.9 Å². The number of hydrogen-bond donors (Lipinski definition) is 0. The van der Waals surface area contributed by atoms with E-state index in [9.17, 15) is 4.79 Å². The van der Waals surface area contributed by atoms with Gasteiger partial charge in [-0.3, -0.25) is 0 Å². The van der Waals surface area contributed by atoms with Crippen LogP contribution in [0.1, 0.15) is 32.1 Å². The summed E-state index contributed by atoms with van der Waals surface area (Å²) in [5, 5.41) is 0.643. The monoisotopic (exact) mass is 362 g/mol. The van der Waals surface area contributed by atoms with Crippen molar-refractivity contribution in [2.24, 2.45) is 5.92 Å². The number of nitrogens with zero attached hydrogens (tertiary/aromatic N) is 2. The summed E-state index contributed by atoms with van der Waals surface area (Å²) in [5.41, 5.74) is 1.50. The van der Waals surface area contributed by atoms with E-state index in [2.05, 4.69) is 18.5 Å². The molecule has 3 rings (SSSR count). The maximum Gasteiger partial charge on any atom is 0.410 e. The van der Waals surface area contributed by atoms with Crippen molar-refractivity contribution in [3.63, 3.8) is 0 Å². The van der Waals surface area contributed by atoms with Crippen LogP contribution in [0.2, 0.25) is 5.02 Å². The van der Waals surface area contributed by atoms with Crippen LogP contribution in [-0.4, -0.2) is 35.2 Å². The molecule has 1 aliphatic rings. The van der Waals surface area contributed by atoms with Crippen molar-refractivity contribution >= 4 is 28.8 Å². The number of oxazole rings is 1. The Bertz CT molecular complexity index is 758. The van der Waals surface area contributed by atoms with E-state index < -0.39 is 0 Å². The molecule has 25 heavy (non-hydrogen) atoms. The third kappa shape index (κ3) is 4.15. The van der Waals surface area contributed by atoms with E-state index in [1.54, 1.807) is 18.2 Å². The van der Waals surface area contributed by atoms with Gasteiger partial charge in [0.25, 0.3) is 0 Å². The molecule has 0 bridgehead atoms. The minimum Gasteiger partial charge on any atom is -0.445 e. The van der Waals surface area contributed by atoms with Crippen LogP contribution >= 0.6 is 11.6 Å². The van der Waals surface area contributed by atoms with E-state index in [1.165, 1.54) is 0 Å². The Morgan fingerprint density at radius 1 is 1.56 bits per heavy atom. The number of ether oxygens (including phenoxy) is 1. The van der Waals surface area contributed by atoms with Crippen LogP contribution in [0, 0.1) is 5.92 Å². The Hall–Kier alpha value is -2.01. The molecule has 0 N–H and O–H groups in total. The highest BCUT2D eigenvalue weighted by Gasteiger charge is 2.32. The summed E-state index contributed by atoms with van der Waals surface area (Å²) in [6, 6.07) is 5.55. The number of benzene rings is 1. The zero-order valence-electron chi connectivity index (χ0n) is 14.4. The summed E-state index contributed by atoms with van der Waals surface area (Å²) in [6.45, 7) is 6.74. The zero-order valence-corrected chi connectivity index (χ0v) is 15.2. The minimum atomic E-state index is -0.263. The molecular weight excluding hydrogens is 340 g/mol. The summed E-state index contributed by atoms with van der Waals surface area (Å²) in [4.78, 5) is 18.7. The molecule has 2 atom stereocenters. The largest absolute Gasteiger partial charge is 0.445 e. The topological polar surface area (TPSA) is 55.6 Å². The first kappa shape index (κ1) is 17.8. The molecule has 1 aromatic carbocycles. The SMILES string of the molecule is C=CCOC(=O)N1CCC[C@@H](C)[C@H]1CCc1nc2cc(Cl)ccc2o1. The Morgan fingerprint density at radius 2 is 2.40 bits per heavy atom. The van der Waals surface area contributed by atoms with Crippen LogP contribution in [0.5, 0.6) is 0 Å². The normalized spacial score (nSPS) is 20.6. The quantitative estimate of drug-likeness (QED) is 0.714. The van der Waals surface area contributed by atoms with Gasteiger partial charge in [-0.25, -0.2) is 9.78 Å². The van der Waals surface area contributed by atoms with Crippen molar-refractivity contribution in [2.45, 2.75) is 38.6 Å². The molecule has 1 amide bonds. The Labute approximate surface area is 152 Å². The molecule has 1 saturated heterocycles. The van der Waals surface area contributed by atoms with E-state index in [1.807, 2.05) is 11.0 Å². The number of halogens is 1. The summed E-state index contributed by atoms with van der Waals surface area (Å²) >= 11 is 5.99. The number of rotatable bonds is 5. The lowest BCUT2D eigenvalue weighted by Crippen LogP contribution is -2.48. The molecule has 2 heterocycles. The first-order valence-electron chi connectivity index (χ1n) is 8.67. The second-order valence-electron chi connectivity index (χ2n) is 6.50. The number of aryl methyl sites for hydroxylation is 1. The Balaban J connectivity index is 1.69. The van der Waals surface area contributed by atoms with Crippen molar-refractivity contribution in [3.8, 4) is 0 Å². The third-order valence-corrected chi connectivity index (χ3v) is 4.96. The number of piperidine rings is 1. The highest BCUT2D eigenvalue weighted by Crippen LogP contribution is 2.28. The molecule has 0 spiro atoms. The number of fused-ring (bicyclic) bond motifs is 1. The molecular formula is C19H23ClN2O3. The average molecular weight is 363 g/mol. The van der Waals surface area contributed by atoms with Gasteiger partial charge in [-0.1, -0.05) is 31.2 Å². The van der Waals surface area contributed by atoms with Gasteiger partial charge < -0.3 is 14.1 Å². The molecule has 1 aliphatic heterocycles. The fraction of sp³-hybridized carbons (Fsp3) is 0.474. The van der Waals surface area contributed by atoms with Gasteiger partial charge in [0.1, 0.15) is 12.1 Å². The van der Waals surface area contributed by atoms with Crippen molar-refractivity contribution in [1.29, 1.82) is 0 Å². The fourth-order valence-electron chi connectivity index (χ4n) is 3.46. The van der Waals surface area contributed by atoms with Gasteiger partial charge in [-0.05, 0) is 43.4 Å². The third-order valence-electron chi connectivity index (χ3n) is 4.72. The molecule has 6 heteroatoms. The molecule has 0 saturated carbocycles. The molecule has 0 radical (unpaired) electrons. The van der Waals surface area contributed by atoms with Crippen LogP contribution < -0.4 is 0 Å². The van der Waals surface area contributed by atoms with Crippen LogP contribution in [0.3, 0.4) is 0 Å². The Kier molecular flexibility index (Phi) is 5.63. The van der Waals surface area contributed by atoms with Gasteiger partial charge in [0.15, 0.2) is 11.5 Å². The number of likely N-dealkylation sites (tertiary alicyclic amines) is 1. The van der Waals surface area contributed by atoms with Crippen LogP contribution in [-0.2, 0) is 11.2 Å². The number of hydrogen-bond acceptors (Lipinski definition) is 4. The van der Waals surface area contributed by atoms with Crippen LogP contribution in [0.25, 0.3) is 11.1 Å². The summed E-state index contributed by atoms with van der Waals surface area (Å²) < 4.78 is 11.0. The predicted octanol–water partition coefficient (Wildman–Crippen LogP) is 4.84. The number of amides is 1. The van der Waals surface area contributed by atoms with Gasteiger partial charge in [0.05, 0.1) is 0 Å². The van der Waals surface area contributed by atoms with Crippen molar-refractivity contribution in [1.82, 2.24) is 9.88 Å².